The number of aryl methyl sites for hydroxylation is 1. The second-order valence-corrected chi connectivity index (χ2v) is 5.39. The highest BCUT2D eigenvalue weighted by atomic mass is 16.2. The maximum atomic E-state index is 11.9. The van der Waals surface area contributed by atoms with Crippen molar-refractivity contribution in [1.82, 2.24) is 0 Å². The van der Waals surface area contributed by atoms with E-state index in [1.54, 1.807) is 0 Å². The van der Waals surface area contributed by atoms with Crippen molar-refractivity contribution < 1.29 is 4.79 Å². The molecule has 0 saturated heterocycles. The Balaban J connectivity index is 2.42. The van der Waals surface area contributed by atoms with Gasteiger partial charge < -0.3 is 11.1 Å². The van der Waals surface area contributed by atoms with Crippen molar-refractivity contribution in [3.05, 3.63) is 29.8 Å². The number of carbonyl (C=O) groups excluding carboxylic acids is 1. The van der Waals surface area contributed by atoms with Gasteiger partial charge in [0.15, 0.2) is 0 Å². The first-order valence-corrected chi connectivity index (χ1v) is 7.82. The minimum Gasteiger partial charge on any atom is -0.325 e. The third-order valence-electron chi connectivity index (χ3n) is 3.50. The molecule has 0 fully saturated rings. The molecule has 1 rings (SSSR count). The average Bonchev–Trinajstić information content (AvgIpc) is 2.46. The number of nitrogens with one attached hydrogen (secondary N) is 1. The van der Waals surface area contributed by atoms with Crippen LogP contribution in [0.3, 0.4) is 0 Å². The Kier molecular flexibility index (Phi) is 7.97. The van der Waals surface area contributed by atoms with Crippen LogP contribution in [-0.2, 0) is 11.2 Å². The van der Waals surface area contributed by atoms with Crippen molar-refractivity contribution in [2.45, 2.75) is 64.8 Å². The summed E-state index contributed by atoms with van der Waals surface area (Å²) in [5.74, 6) is -0.0859. The van der Waals surface area contributed by atoms with Crippen LogP contribution in [-0.4, -0.2) is 11.9 Å². The molecule has 1 aromatic rings. The summed E-state index contributed by atoms with van der Waals surface area (Å²) in [6.07, 6.45) is 7.65. The molecule has 1 aromatic carbocycles. The van der Waals surface area contributed by atoms with Crippen LogP contribution in [0.5, 0.6) is 0 Å². The lowest BCUT2D eigenvalue weighted by Gasteiger charge is -2.12. The van der Waals surface area contributed by atoms with Gasteiger partial charge in [0.05, 0.1) is 6.04 Å². The van der Waals surface area contributed by atoms with Crippen molar-refractivity contribution in [3.8, 4) is 0 Å². The van der Waals surface area contributed by atoms with Gasteiger partial charge in [-0.3, -0.25) is 4.79 Å². The van der Waals surface area contributed by atoms with E-state index in [1.165, 1.54) is 24.8 Å². The minimum atomic E-state index is -0.404. The molecule has 1 atom stereocenters. The zero-order chi connectivity index (χ0) is 14.8. The van der Waals surface area contributed by atoms with Crippen molar-refractivity contribution in [2.24, 2.45) is 5.73 Å². The Morgan fingerprint density at radius 1 is 1.10 bits per heavy atom. The highest BCUT2D eigenvalue weighted by Gasteiger charge is 2.12. The van der Waals surface area contributed by atoms with E-state index in [1.807, 2.05) is 12.1 Å². The van der Waals surface area contributed by atoms with Crippen LogP contribution in [0.2, 0.25) is 0 Å². The molecule has 0 unspecified atom stereocenters. The fourth-order valence-electron chi connectivity index (χ4n) is 2.12. The van der Waals surface area contributed by atoms with Crippen LogP contribution >= 0.6 is 0 Å². The first-order valence-electron chi connectivity index (χ1n) is 7.82. The van der Waals surface area contributed by atoms with Gasteiger partial charge in [-0.15, -0.1) is 0 Å². The van der Waals surface area contributed by atoms with Gasteiger partial charge >= 0.3 is 0 Å². The Hall–Kier alpha value is -1.35. The molecule has 0 aliphatic heterocycles. The molecule has 0 spiro atoms. The largest absolute Gasteiger partial charge is 0.325 e. The van der Waals surface area contributed by atoms with Crippen LogP contribution in [0.4, 0.5) is 5.69 Å². The van der Waals surface area contributed by atoms with E-state index in [-0.39, 0.29) is 5.91 Å². The summed E-state index contributed by atoms with van der Waals surface area (Å²) < 4.78 is 0. The topological polar surface area (TPSA) is 55.1 Å². The molecule has 20 heavy (non-hydrogen) atoms. The van der Waals surface area contributed by atoms with E-state index in [2.05, 4.69) is 31.3 Å². The summed E-state index contributed by atoms with van der Waals surface area (Å²) in [4.78, 5) is 11.9. The summed E-state index contributed by atoms with van der Waals surface area (Å²) in [6.45, 7) is 4.31. The van der Waals surface area contributed by atoms with Gasteiger partial charge in [-0.05, 0) is 37.0 Å². The molecule has 0 aliphatic rings. The minimum absolute atomic E-state index is 0.0859. The molecular weight excluding hydrogens is 248 g/mol. The molecule has 0 aromatic heterocycles. The highest BCUT2D eigenvalue weighted by molar-refractivity contribution is 5.94. The number of nitrogens with two attached hydrogens (primary N) is 1. The van der Waals surface area contributed by atoms with Gasteiger partial charge in [0, 0.05) is 5.69 Å². The molecular formula is C17H28N2O. The monoisotopic (exact) mass is 276 g/mol. The number of amides is 1. The van der Waals surface area contributed by atoms with E-state index < -0.39 is 6.04 Å². The quantitative estimate of drug-likeness (QED) is 0.673. The van der Waals surface area contributed by atoms with E-state index >= 15 is 0 Å². The number of rotatable bonds is 9. The molecule has 1 amide bonds. The normalized spacial score (nSPS) is 12.2. The van der Waals surface area contributed by atoms with Gasteiger partial charge in [-0.25, -0.2) is 0 Å². The van der Waals surface area contributed by atoms with Gasteiger partial charge in [0.1, 0.15) is 0 Å². The molecule has 0 saturated carbocycles. The number of hydrogen-bond acceptors (Lipinski definition) is 2. The number of carbonyl (C=O) groups is 1. The number of unbranched alkanes of at least 4 members (excludes halogenated alkanes) is 3. The summed E-state index contributed by atoms with van der Waals surface area (Å²) in [7, 11) is 0. The fourth-order valence-corrected chi connectivity index (χ4v) is 2.12. The van der Waals surface area contributed by atoms with Gasteiger partial charge in [0.2, 0.25) is 5.91 Å². The van der Waals surface area contributed by atoms with E-state index in [0.717, 1.165) is 31.4 Å². The van der Waals surface area contributed by atoms with Crippen molar-refractivity contribution in [1.29, 1.82) is 0 Å². The molecule has 3 heteroatoms. The van der Waals surface area contributed by atoms with Crippen molar-refractivity contribution >= 4 is 11.6 Å². The fraction of sp³-hybridized carbons (Fsp3) is 0.588. The lowest BCUT2D eigenvalue weighted by Crippen LogP contribution is -2.35. The lowest BCUT2D eigenvalue weighted by atomic mass is 10.1. The molecule has 3 N–H and O–H groups in total. The summed E-state index contributed by atoms with van der Waals surface area (Å²) in [6, 6.07) is 7.70. The van der Waals surface area contributed by atoms with Crippen LogP contribution < -0.4 is 11.1 Å². The summed E-state index contributed by atoms with van der Waals surface area (Å²) >= 11 is 0. The van der Waals surface area contributed by atoms with Crippen LogP contribution in [0, 0.1) is 0 Å². The van der Waals surface area contributed by atoms with E-state index in [0.29, 0.717) is 0 Å². The Morgan fingerprint density at radius 2 is 1.75 bits per heavy atom. The van der Waals surface area contributed by atoms with Gasteiger partial charge in [0.25, 0.3) is 0 Å². The van der Waals surface area contributed by atoms with E-state index in [9.17, 15) is 4.79 Å². The standard InChI is InChI=1S/C17H28N2O/c1-3-5-7-8-14-10-12-15(13-11-14)19-17(20)16(18)9-6-4-2/h10-13,16H,3-9,18H2,1-2H3,(H,19,20)/t16-/m0/s1. The third-order valence-corrected chi connectivity index (χ3v) is 3.50. The number of hydrogen-bond donors (Lipinski definition) is 2. The second-order valence-electron chi connectivity index (χ2n) is 5.39. The number of benzene rings is 1. The molecule has 3 nitrogen and oxygen atoms in total. The van der Waals surface area contributed by atoms with Crippen molar-refractivity contribution in [3.63, 3.8) is 0 Å². The van der Waals surface area contributed by atoms with Crippen LogP contribution in [0.15, 0.2) is 24.3 Å². The third kappa shape index (κ3) is 6.20. The van der Waals surface area contributed by atoms with Gasteiger partial charge in [-0.1, -0.05) is 51.7 Å². The zero-order valence-corrected chi connectivity index (χ0v) is 12.8. The molecule has 0 aliphatic carbocycles. The Morgan fingerprint density at radius 3 is 2.35 bits per heavy atom. The molecule has 0 radical (unpaired) electrons. The first-order chi connectivity index (χ1) is 9.67. The Labute approximate surface area is 122 Å². The maximum Gasteiger partial charge on any atom is 0.241 e. The average molecular weight is 276 g/mol. The number of anilines is 1. The van der Waals surface area contributed by atoms with Gasteiger partial charge in [-0.2, -0.15) is 0 Å². The van der Waals surface area contributed by atoms with E-state index in [4.69, 9.17) is 5.73 Å². The zero-order valence-electron chi connectivity index (χ0n) is 12.8. The predicted molar refractivity (Wildman–Crippen MR) is 85.8 cm³/mol. The maximum absolute atomic E-state index is 11.9. The van der Waals surface area contributed by atoms with Crippen LogP contribution in [0.25, 0.3) is 0 Å². The second kappa shape index (κ2) is 9.54. The SMILES string of the molecule is CCCCCc1ccc(NC(=O)[C@@H](N)CCCC)cc1. The predicted octanol–water partition coefficient (Wildman–Crippen LogP) is 3.88. The van der Waals surface area contributed by atoms with Crippen molar-refractivity contribution in [2.75, 3.05) is 5.32 Å². The molecule has 0 heterocycles. The van der Waals surface area contributed by atoms with Crippen LogP contribution in [0.1, 0.15) is 57.9 Å². The smallest absolute Gasteiger partial charge is 0.241 e. The Bertz CT molecular complexity index is 386. The lowest BCUT2D eigenvalue weighted by molar-refractivity contribution is -0.117. The molecule has 112 valence electrons. The highest BCUT2D eigenvalue weighted by Crippen LogP contribution is 2.13. The summed E-state index contributed by atoms with van der Waals surface area (Å²) in [5.41, 5.74) is 8.01. The summed E-state index contributed by atoms with van der Waals surface area (Å²) in [5, 5.41) is 2.88. The molecule has 0 bridgehead atoms. The first kappa shape index (κ1) is 16.7.